The Labute approximate surface area is 93.3 Å². The van der Waals surface area contributed by atoms with E-state index in [4.69, 9.17) is 0 Å². The molecule has 0 unspecified atom stereocenters. The van der Waals surface area contributed by atoms with Gasteiger partial charge in [-0.1, -0.05) is 51.1 Å². The third-order valence-electron chi connectivity index (χ3n) is 1.70. The highest BCUT2D eigenvalue weighted by Gasteiger charge is 2.00. The predicted molar refractivity (Wildman–Crippen MR) is 65.0 cm³/mol. The topological polar surface area (TPSA) is 26.3 Å². The number of ether oxygens (including phenoxy) is 1. The van der Waals surface area contributed by atoms with Crippen molar-refractivity contribution in [3.05, 3.63) is 35.4 Å². The lowest BCUT2D eigenvalue weighted by Crippen LogP contribution is -2.03. The lowest BCUT2D eigenvalue weighted by atomic mass is 10.1. The third kappa shape index (κ3) is 6.72. The van der Waals surface area contributed by atoms with Crippen LogP contribution >= 0.6 is 0 Å². The zero-order valence-corrected chi connectivity index (χ0v) is 9.33. The Hall–Kier alpha value is -1.31. The van der Waals surface area contributed by atoms with Gasteiger partial charge in [0.05, 0.1) is 13.5 Å². The van der Waals surface area contributed by atoms with E-state index in [2.05, 4.69) is 4.74 Å². The van der Waals surface area contributed by atoms with Gasteiger partial charge in [0.15, 0.2) is 0 Å². The first-order valence-corrected chi connectivity index (χ1v) is 4.84. The molecule has 0 fully saturated rings. The van der Waals surface area contributed by atoms with Crippen LogP contribution in [0.15, 0.2) is 24.3 Å². The van der Waals surface area contributed by atoms with Crippen molar-refractivity contribution in [3.63, 3.8) is 0 Å². The van der Waals surface area contributed by atoms with Crippen LogP contribution in [0.2, 0.25) is 0 Å². The largest absolute Gasteiger partial charge is 0.469 e. The zero-order chi connectivity index (χ0) is 11.0. The lowest BCUT2D eigenvalue weighted by molar-refractivity contribution is -0.139. The first-order valence-electron chi connectivity index (χ1n) is 4.84. The molecule has 0 atom stereocenters. The van der Waals surface area contributed by atoms with Crippen molar-refractivity contribution in [2.45, 2.75) is 34.6 Å². The van der Waals surface area contributed by atoms with Gasteiger partial charge in [-0.25, -0.2) is 0 Å². The quantitative estimate of drug-likeness (QED) is 0.699. The molecule has 0 heterocycles. The number of hydrogen-bond donors (Lipinski definition) is 0. The summed E-state index contributed by atoms with van der Waals surface area (Å²) in [5.41, 5.74) is 2.19. The van der Waals surface area contributed by atoms with E-state index in [0.29, 0.717) is 6.42 Å². The molecule has 0 aliphatic carbocycles. The van der Waals surface area contributed by atoms with Gasteiger partial charge in [0.1, 0.15) is 0 Å². The Morgan fingerprint density at radius 2 is 1.67 bits per heavy atom. The third-order valence-corrected chi connectivity index (χ3v) is 1.70. The van der Waals surface area contributed by atoms with Crippen LogP contribution in [0.5, 0.6) is 0 Å². The molecule has 0 aromatic heterocycles. The van der Waals surface area contributed by atoms with Crippen LogP contribution in [-0.4, -0.2) is 13.1 Å². The normalized spacial score (nSPS) is 8.00. The average Bonchev–Trinajstić information content (AvgIpc) is 2.24. The fraction of sp³-hybridized carbons (Fsp3) is 0.462. The van der Waals surface area contributed by atoms with Crippen molar-refractivity contribution in [2.24, 2.45) is 0 Å². The standard InChI is InChI=1S/C10H12O2.C2H6.CH4/c1-8-3-5-9(6-4-8)7-10(11)12-2;1-2;/h3-6H,7H2,1-2H3;1-2H3;1H4. The number of esters is 1. The van der Waals surface area contributed by atoms with E-state index in [0.717, 1.165) is 5.56 Å². The Kier molecular flexibility index (Phi) is 9.95. The summed E-state index contributed by atoms with van der Waals surface area (Å²) in [6.45, 7) is 6.02. The van der Waals surface area contributed by atoms with Crippen LogP contribution < -0.4 is 0 Å². The molecule has 0 amide bonds. The minimum Gasteiger partial charge on any atom is -0.469 e. The van der Waals surface area contributed by atoms with Gasteiger partial charge in [-0.2, -0.15) is 0 Å². The molecule has 0 spiro atoms. The van der Waals surface area contributed by atoms with E-state index >= 15 is 0 Å². The fourth-order valence-corrected chi connectivity index (χ4v) is 0.945. The van der Waals surface area contributed by atoms with Crippen molar-refractivity contribution < 1.29 is 9.53 Å². The van der Waals surface area contributed by atoms with Crippen molar-refractivity contribution in [1.82, 2.24) is 0 Å². The van der Waals surface area contributed by atoms with Gasteiger partial charge in [0, 0.05) is 0 Å². The summed E-state index contributed by atoms with van der Waals surface area (Å²) >= 11 is 0. The zero-order valence-electron chi connectivity index (χ0n) is 9.33. The summed E-state index contributed by atoms with van der Waals surface area (Å²) in [6, 6.07) is 7.84. The van der Waals surface area contributed by atoms with Gasteiger partial charge in [-0.05, 0) is 12.5 Å². The predicted octanol–water partition coefficient (Wildman–Crippen LogP) is 3.37. The SMILES string of the molecule is C.CC.COC(=O)Cc1ccc(C)cc1. The molecule has 86 valence electrons. The minimum absolute atomic E-state index is 0. The van der Waals surface area contributed by atoms with E-state index in [1.54, 1.807) is 0 Å². The number of carbonyl (C=O) groups is 1. The molecule has 1 aromatic carbocycles. The number of aryl methyl sites for hydroxylation is 1. The summed E-state index contributed by atoms with van der Waals surface area (Å²) in [4.78, 5) is 10.8. The number of hydrogen-bond acceptors (Lipinski definition) is 2. The summed E-state index contributed by atoms with van der Waals surface area (Å²) in [7, 11) is 1.40. The summed E-state index contributed by atoms with van der Waals surface area (Å²) in [5.74, 6) is -0.196. The monoisotopic (exact) mass is 210 g/mol. The second-order valence-corrected chi connectivity index (χ2v) is 2.74. The maximum Gasteiger partial charge on any atom is 0.309 e. The van der Waals surface area contributed by atoms with Gasteiger partial charge in [-0.3, -0.25) is 4.79 Å². The van der Waals surface area contributed by atoms with Crippen molar-refractivity contribution in [3.8, 4) is 0 Å². The van der Waals surface area contributed by atoms with Crippen LogP contribution in [0.25, 0.3) is 0 Å². The molecule has 0 aliphatic heterocycles. The molecule has 0 aliphatic rings. The average molecular weight is 210 g/mol. The molecular weight excluding hydrogens is 188 g/mol. The number of rotatable bonds is 2. The van der Waals surface area contributed by atoms with E-state index in [1.165, 1.54) is 12.7 Å². The minimum atomic E-state index is -0.196. The van der Waals surface area contributed by atoms with Gasteiger partial charge < -0.3 is 4.74 Å². The van der Waals surface area contributed by atoms with Crippen LogP contribution in [0.1, 0.15) is 32.4 Å². The summed E-state index contributed by atoms with van der Waals surface area (Å²) in [5, 5.41) is 0. The molecular formula is C13H22O2. The van der Waals surface area contributed by atoms with Crippen LogP contribution in [0.3, 0.4) is 0 Å². The number of carbonyl (C=O) groups excluding carboxylic acids is 1. The molecule has 0 saturated carbocycles. The number of benzene rings is 1. The van der Waals surface area contributed by atoms with Crippen LogP contribution in [0.4, 0.5) is 0 Å². The summed E-state index contributed by atoms with van der Waals surface area (Å²) in [6.07, 6.45) is 0.358. The molecule has 0 saturated heterocycles. The van der Waals surface area contributed by atoms with E-state index in [1.807, 2.05) is 45.0 Å². The van der Waals surface area contributed by atoms with E-state index in [9.17, 15) is 4.79 Å². The Bertz CT molecular complexity index is 262. The molecule has 15 heavy (non-hydrogen) atoms. The smallest absolute Gasteiger partial charge is 0.309 e. The van der Waals surface area contributed by atoms with E-state index < -0.39 is 0 Å². The maximum atomic E-state index is 10.8. The fourth-order valence-electron chi connectivity index (χ4n) is 0.945. The van der Waals surface area contributed by atoms with Gasteiger partial charge in [0.2, 0.25) is 0 Å². The Morgan fingerprint density at radius 1 is 1.20 bits per heavy atom. The van der Waals surface area contributed by atoms with E-state index in [-0.39, 0.29) is 13.4 Å². The molecule has 2 nitrogen and oxygen atoms in total. The first-order chi connectivity index (χ1) is 6.72. The maximum absolute atomic E-state index is 10.8. The summed E-state index contributed by atoms with van der Waals surface area (Å²) < 4.78 is 4.55. The van der Waals surface area contributed by atoms with Crippen molar-refractivity contribution in [1.29, 1.82) is 0 Å². The van der Waals surface area contributed by atoms with Crippen molar-refractivity contribution in [2.75, 3.05) is 7.11 Å². The second kappa shape index (κ2) is 9.25. The highest BCUT2D eigenvalue weighted by molar-refractivity contribution is 5.72. The van der Waals surface area contributed by atoms with Gasteiger partial charge >= 0.3 is 5.97 Å². The second-order valence-electron chi connectivity index (χ2n) is 2.74. The lowest BCUT2D eigenvalue weighted by Gasteiger charge is -1.99. The van der Waals surface area contributed by atoms with Crippen molar-refractivity contribution >= 4 is 5.97 Å². The highest BCUT2D eigenvalue weighted by atomic mass is 16.5. The molecule has 0 radical (unpaired) electrons. The molecule has 0 N–H and O–H groups in total. The van der Waals surface area contributed by atoms with Crippen LogP contribution in [-0.2, 0) is 16.0 Å². The first kappa shape index (κ1) is 16.1. The highest BCUT2D eigenvalue weighted by Crippen LogP contribution is 2.04. The molecule has 0 bridgehead atoms. The number of methoxy groups -OCH3 is 1. The van der Waals surface area contributed by atoms with Gasteiger partial charge in [-0.15, -0.1) is 0 Å². The molecule has 1 aromatic rings. The van der Waals surface area contributed by atoms with Gasteiger partial charge in [0.25, 0.3) is 0 Å². The van der Waals surface area contributed by atoms with Crippen LogP contribution in [0, 0.1) is 6.92 Å². The molecule has 2 heteroatoms. The Balaban J connectivity index is 0. The Morgan fingerprint density at radius 3 is 2.07 bits per heavy atom. The molecule has 1 rings (SSSR count).